The third-order valence-corrected chi connectivity index (χ3v) is 7.02. The Kier molecular flexibility index (Phi) is 8.11. The number of fused-ring (bicyclic) bond motifs is 3. The van der Waals surface area contributed by atoms with E-state index in [9.17, 15) is 4.79 Å². The van der Waals surface area contributed by atoms with Gasteiger partial charge in [0.25, 0.3) is 0 Å². The van der Waals surface area contributed by atoms with E-state index in [2.05, 4.69) is 88.7 Å². The Balaban J connectivity index is 0.000000291. The SMILES string of the molecule is CN1C=CN(c2[c-]c([C@]3(c4ccccn4)c4[c-]cccc4-c4ccccc43)ccc2)[CH-]1.O=C(O)c1ccccn1.[Ir+3]. The number of aromatic nitrogens is 2. The molecule has 2 aromatic heterocycles. The van der Waals surface area contributed by atoms with Gasteiger partial charge in [-0.3, -0.25) is 4.98 Å². The summed E-state index contributed by atoms with van der Waals surface area (Å²) in [5.74, 6) is -0.990. The monoisotopic (exact) mass is 714 g/mol. The summed E-state index contributed by atoms with van der Waals surface area (Å²) in [6, 6.07) is 39.4. The third-order valence-electron chi connectivity index (χ3n) is 7.02. The van der Waals surface area contributed by atoms with Crippen LogP contribution in [0.3, 0.4) is 0 Å². The molecule has 0 fully saturated rings. The molecule has 0 radical (unpaired) electrons. The fourth-order valence-electron chi connectivity index (χ4n) is 5.33. The molecule has 5 aromatic rings. The van der Waals surface area contributed by atoms with Crippen molar-refractivity contribution in [2.75, 3.05) is 11.9 Å². The molecule has 3 aromatic carbocycles. The molecule has 0 saturated carbocycles. The minimum Gasteiger partial charge on any atom is -0.510 e. The van der Waals surface area contributed by atoms with E-state index in [1.807, 2.05) is 49.3 Å². The molecule has 41 heavy (non-hydrogen) atoms. The Labute approximate surface area is 253 Å². The van der Waals surface area contributed by atoms with Crippen LogP contribution in [0.1, 0.15) is 32.9 Å². The molecule has 1 N–H and O–H groups in total. The van der Waals surface area contributed by atoms with Crippen molar-refractivity contribution >= 4 is 11.7 Å². The fraction of sp³-hybridized carbons (Fsp3) is 0.0588. The number of benzene rings is 3. The van der Waals surface area contributed by atoms with E-state index in [4.69, 9.17) is 10.1 Å². The summed E-state index contributed by atoms with van der Waals surface area (Å²) in [5.41, 5.74) is 7.33. The molecular formula is C34H25IrN4O2. The van der Waals surface area contributed by atoms with Crippen molar-refractivity contribution in [1.82, 2.24) is 14.9 Å². The van der Waals surface area contributed by atoms with Gasteiger partial charge >= 0.3 is 26.1 Å². The molecule has 0 unspecified atom stereocenters. The fourth-order valence-corrected chi connectivity index (χ4v) is 5.33. The molecule has 0 bridgehead atoms. The normalized spacial score (nSPS) is 16.2. The van der Waals surface area contributed by atoms with Crippen LogP contribution in [0.2, 0.25) is 0 Å². The van der Waals surface area contributed by atoms with Crippen LogP contribution in [0, 0.1) is 18.8 Å². The minimum absolute atomic E-state index is 0. The summed E-state index contributed by atoms with van der Waals surface area (Å²) < 4.78 is 0. The molecular weight excluding hydrogens is 689 g/mol. The average molecular weight is 714 g/mol. The molecule has 7 heteroatoms. The Morgan fingerprint density at radius 1 is 0.854 bits per heavy atom. The van der Waals surface area contributed by atoms with Gasteiger partial charge in [0.15, 0.2) is 0 Å². The predicted molar refractivity (Wildman–Crippen MR) is 154 cm³/mol. The number of carboxylic acids is 1. The van der Waals surface area contributed by atoms with Crippen molar-refractivity contribution < 1.29 is 30.0 Å². The number of rotatable bonds is 4. The second kappa shape index (κ2) is 11.9. The van der Waals surface area contributed by atoms with Gasteiger partial charge in [-0.05, 0) is 49.3 Å². The maximum atomic E-state index is 10.1. The maximum absolute atomic E-state index is 10.1. The van der Waals surface area contributed by atoms with E-state index in [0.717, 1.165) is 22.5 Å². The zero-order chi connectivity index (χ0) is 27.5. The molecule has 2 aliphatic rings. The van der Waals surface area contributed by atoms with Crippen LogP contribution in [0.5, 0.6) is 0 Å². The summed E-state index contributed by atoms with van der Waals surface area (Å²) in [4.78, 5) is 22.7. The van der Waals surface area contributed by atoms with Gasteiger partial charge in [0.05, 0.1) is 5.69 Å². The summed E-state index contributed by atoms with van der Waals surface area (Å²) in [7, 11) is 2.02. The summed E-state index contributed by atoms with van der Waals surface area (Å²) in [5, 5.41) is 8.32. The summed E-state index contributed by atoms with van der Waals surface area (Å²) in [6.45, 7) is 2.05. The van der Waals surface area contributed by atoms with Crippen molar-refractivity contribution in [3.63, 3.8) is 0 Å². The second-order valence-corrected chi connectivity index (χ2v) is 9.43. The molecule has 0 saturated heterocycles. The van der Waals surface area contributed by atoms with Gasteiger partial charge < -0.3 is 14.9 Å². The minimum atomic E-state index is -0.990. The first kappa shape index (κ1) is 28.0. The Hall–Kier alpha value is -4.58. The van der Waals surface area contributed by atoms with Crippen LogP contribution in [0.25, 0.3) is 11.1 Å². The van der Waals surface area contributed by atoms with E-state index in [-0.39, 0.29) is 25.8 Å². The number of hydrogen-bond donors (Lipinski definition) is 1. The zero-order valence-corrected chi connectivity index (χ0v) is 24.5. The zero-order valence-electron chi connectivity index (χ0n) is 22.1. The van der Waals surface area contributed by atoms with Crippen LogP contribution in [0.15, 0.2) is 122 Å². The van der Waals surface area contributed by atoms with Crippen molar-refractivity contribution in [2.45, 2.75) is 5.41 Å². The maximum Gasteiger partial charge on any atom is 3.00 e. The van der Waals surface area contributed by atoms with Gasteiger partial charge in [0.2, 0.25) is 0 Å². The predicted octanol–water partition coefficient (Wildman–Crippen LogP) is 6.16. The number of aromatic carboxylic acids is 1. The van der Waals surface area contributed by atoms with E-state index < -0.39 is 11.4 Å². The summed E-state index contributed by atoms with van der Waals surface area (Å²) >= 11 is 0. The van der Waals surface area contributed by atoms with Crippen molar-refractivity contribution in [2.24, 2.45) is 0 Å². The summed E-state index contributed by atoms with van der Waals surface area (Å²) in [6.07, 6.45) is 7.40. The Morgan fingerprint density at radius 2 is 1.61 bits per heavy atom. The number of nitrogens with zero attached hydrogens (tertiary/aromatic N) is 4. The van der Waals surface area contributed by atoms with Crippen LogP contribution in [-0.2, 0) is 25.5 Å². The standard InChI is InChI=1S/C28H20N3.C6H5NO2.Ir/c1-30-17-18-31(20-30)22-10-8-9-21(19-22)28(27-15-6-7-16-29-27)25-13-4-2-11-23(25)24-12-3-5-14-26(24)28;8-6(9)5-3-1-2-4-7-5;/h2-13,15-18,20H,1H3;1-4H,(H,8,9);/q-3;;+3/t28-;;/m1../s1. The van der Waals surface area contributed by atoms with Crippen LogP contribution >= 0.6 is 0 Å². The Morgan fingerprint density at radius 3 is 2.29 bits per heavy atom. The number of carboxylic acid groups (broad SMARTS) is 1. The molecule has 3 heterocycles. The topological polar surface area (TPSA) is 69.6 Å². The smallest absolute Gasteiger partial charge is 0.510 e. The van der Waals surface area contributed by atoms with Gasteiger partial charge in [-0.2, -0.15) is 55.2 Å². The number of hydrogen-bond acceptors (Lipinski definition) is 5. The van der Waals surface area contributed by atoms with Gasteiger partial charge in [-0.1, -0.05) is 42.0 Å². The van der Waals surface area contributed by atoms with Crippen LogP contribution in [0.4, 0.5) is 5.69 Å². The molecule has 1 atom stereocenters. The van der Waals surface area contributed by atoms with Gasteiger partial charge in [0.1, 0.15) is 5.69 Å². The molecule has 0 spiro atoms. The van der Waals surface area contributed by atoms with Crippen molar-refractivity contribution in [3.8, 4) is 11.1 Å². The number of pyridine rings is 2. The molecule has 6 nitrogen and oxygen atoms in total. The average Bonchev–Trinajstić information content (AvgIpc) is 3.58. The quantitative estimate of drug-likeness (QED) is 0.221. The molecule has 202 valence electrons. The van der Waals surface area contributed by atoms with Crippen molar-refractivity contribution in [1.29, 1.82) is 0 Å². The van der Waals surface area contributed by atoms with Gasteiger partial charge in [-0.15, -0.1) is 22.4 Å². The van der Waals surface area contributed by atoms with E-state index in [1.165, 1.54) is 29.0 Å². The second-order valence-electron chi connectivity index (χ2n) is 9.43. The first-order valence-corrected chi connectivity index (χ1v) is 12.8. The van der Waals surface area contributed by atoms with Crippen molar-refractivity contribution in [3.05, 3.63) is 169 Å². The van der Waals surface area contributed by atoms with Crippen LogP contribution in [-0.4, -0.2) is 33.0 Å². The largest absolute Gasteiger partial charge is 3.00 e. The Bertz CT molecular complexity index is 1650. The molecule has 1 aliphatic heterocycles. The van der Waals surface area contributed by atoms with E-state index in [1.54, 1.807) is 12.1 Å². The first-order valence-electron chi connectivity index (χ1n) is 12.8. The number of carbonyl (C=O) groups is 1. The number of anilines is 1. The van der Waals surface area contributed by atoms with E-state index >= 15 is 0 Å². The third kappa shape index (κ3) is 5.06. The van der Waals surface area contributed by atoms with Gasteiger partial charge in [0, 0.05) is 17.8 Å². The molecule has 7 rings (SSSR count). The van der Waals surface area contributed by atoms with Crippen LogP contribution < -0.4 is 4.90 Å². The molecule has 1 aliphatic carbocycles. The first-order chi connectivity index (χ1) is 19.6. The van der Waals surface area contributed by atoms with Gasteiger partial charge in [-0.25, -0.2) is 9.78 Å². The van der Waals surface area contributed by atoms with E-state index in [0.29, 0.717) is 0 Å². The molecule has 0 amide bonds.